The Bertz CT molecular complexity index is 579. The van der Waals surface area contributed by atoms with Crippen molar-refractivity contribution < 1.29 is 14.3 Å². The first-order chi connectivity index (χ1) is 9.85. The molecule has 1 heterocycles. The minimum Gasteiger partial charge on any atom is -0.469 e. The van der Waals surface area contributed by atoms with Crippen molar-refractivity contribution in [1.82, 2.24) is 4.90 Å². The number of amides is 2. The van der Waals surface area contributed by atoms with Gasteiger partial charge in [-0.2, -0.15) is 0 Å². The van der Waals surface area contributed by atoms with Gasteiger partial charge >= 0.3 is 12.0 Å². The van der Waals surface area contributed by atoms with Crippen molar-refractivity contribution in [3.05, 3.63) is 28.2 Å². The largest absolute Gasteiger partial charge is 0.469 e. The summed E-state index contributed by atoms with van der Waals surface area (Å²) < 4.78 is 4.78. The van der Waals surface area contributed by atoms with Crippen molar-refractivity contribution in [1.29, 1.82) is 0 Å². The number of urea groups is 1. The standard InChI is InChI=1S/C14H16Cl2N2O3/c1-14(12(19)21-2)5-6-18(8-14)13(20)17-11-7-9(15)3-4-10(11)16/h3-4,7H,5-6,8H2,1-2H3,(H,17,20)/t14-/m1/s1. The highest BCUT2D eigenvalue weighted by Gasteiger charge is 2.43. The summed E-state index contributed by atoms with van der Waals surface area (Å²) in [6.45, 7) is 2.58. The van der Waals surface area contributed by atoms with E-state index in [9.17, 15) is 9.59 Å². The molecule has 2 amide bonds. The number of benzene rings is 1. The highest BCUT2D eigenvalue weighted by molar-refractivity contribution is 6.35. The number of carbonyl (C=O) groups excluding carboxylic acids is 2. The van der Waals surface area contributed by atoms with E-state index in [2.05, 4.69) is 5.32 Å². The number of esters is 1. The summed E-state index contributed by atoms with van der Waals surface area (Å²) in [4.78, 5) is 25.5. The van der Waals surface area contributed by atoms with Gasteiger partial charge in [0.05, 0.1) is 23.2 Å². The number of nitrogens with one attached hydrogen (secondary N) is 1. The molecule has 1 aromatic carbocycles. The maximum absolute atomic E-state index is 12.2. The predicted molar refractivity (Wildman–Crippen MR) is 81.8 cm³/mol. The van der Waals surface area contributed by atoms with Gasteiger partial charge in [-0.1, -0.05) is 23.2 Å². The van der Waals surface area contributed by atoms with Crippen LogP contribution in [0.1, 0.15) is 13.3 Å². The third kappa shape index (κ3) is 3.41. The molecule has 114 valence electrons. The molecule has 0 aromatic heterocycles. The van der Waals surface area contributed by atoms with E-state index in [-0.39, 0.29) is 12.0 Å². The Morgan fingerprint density at radius 1 is 1.38 bits per heavy atom. The summed E-state index contributed by atoms with van der Waals surface area (Å²) in [7, 11) is 1.35. The second-order valence-corrected chi connectivity index (χ2v) is 6.12. The Labute approximate surface area is 133 Å². The van der Waals surface area contributed by atoms with Crippen LogP contribution < -0.4 is 5.32 Å². The van der Waals surface area contributed by atoms with Gasteiger partial charge in [0.1, 0.15) is 0 Å². The van der Waals surface area contributed by atoms with Crippen LogP contribution in [-0.2, 0) is 9.53 Å². The van der Waals surface area contributed by atoms with Gasteiger partial charge in [0.15, 0.2) is 0 Å². The molecule has 1 aliphatic rings. The van der Waals surface area contributed by atoms with Crippen LogP contribution in [0, 0.1) is 5.41 Å². The molecule has 1 N–H and O–H groups in total. The molecule has 2 rings (SSSR count). The quantitative estimate of drug-likeness (QED) is 0.845. The lowest BCUT2D eigenvalue weighted by atomic mass is 9.90. The molecule has 1 aromatic rings. The molecular formula is C14H16Cl2N2O3. The van der Waals surface area contributed by atoms with Gasteiger partial charge in [-0.15, -0.1) is 0 Å². The van der Waals surface area contributed by atoms with E-state index in [1.807, 2.05) is 0 Å². The molecule has 0 bridgehead atoms. The van der Waals surface area contributed by atoms with Crippen LogP contribution in [0.5, 0.6) is 0 Å². The molecule has 7 heteroatoms. The van der Waals surface area contributed by atoms with Crippen LogP contribution in [0.4, 0.5) is 10.5 Å². The number of methoxy groups -OCH3 is 1. The van der Waals surface area contributed by atoms with Crippen LogP contribution in [-0.4, -0.2) is 37.1 Å². The topological polar surface area (TPSA) is 58.6 Å². The van der Waals surface area contributed by atoms with Crippen molar-refractivity contribution in [3.63, 3.8) is 0 Å². The van der Waals surface area contributed by atoms with Crippen molar-refractivity contribution in [2.45, 2.75) is 13.3 Å². The number of hydrogen-bond donors (Lipinski definition) is 1. The zero-order chi connectivity index (χ0) is 15.6. The number of likely N-dealkylation sites (tertiary alicyclic amines) is 1. The van der Waals surface area contributed by atoms with E-state index >= 15 is 0 Å². The van der Waals surface area contributed by atoms with E-state index in [0.717, 1.165) is 0 Å². The molecule has 0 spiro atoms. The van der Waals surface area contributed by atoms with Crippen LogP contribution in [0.15, 0.2) is 18.2 Å². The second kappa shape index (κ2) is 6.12. The summed E-state index contributed by atoms with van der Waals surface area (Å²) >= 11 is 11.9. The fourth-order valence-electron chi connectivity index (χ4n) is 2.33. The lowest BCUT2D eigenvalue weighted by Gasteiger charge is -2.22. The first-order valence-corrected chi connectivity index (χ1v) is 7.21. The Balaban J connectivity index is 2.05. The summed E-state index contributed by atoms with van der Waals surface area (Å²) in [6, 6.07) is 4.52. The van der Waals surface area contributed by atoms with E-state index in [0.29, 0.717) is 35.2 Å². The van der Waals surface area contributed by atoms with E-state index in [4.69, 9.17) is 27.9 Å². The minimum absolute atomic E-state index is 0.307. The third-order valence-electron chi connectivity index (χ3n) is 3.61. The number of halogens is 2. The Morgan fingerprint density at radius 2 is 2.10 bits per heavy atom. The lowest BCUT2D eigenvalue weighted by molar-refractivity contribution is -0.150. The van der Waals surface area contributed by atoms with Crippen LogP contribution in [0.2, 0.25) is 10.0 Å². The van der Waals surface area contributed by atoms with Gasteiger partial charge in [-0.05, 0) is 31.5 Å². The third-order valence-corrected chi connectivity index (χ3v) is 4.17. The number of nitrogens with zero attached hydrogens (tertiary/aromatic N) is 1. The fourth-order valence-corrected chi connectivity index (χ4v) is 2.67. The highest BCUT2D eigenvalue weighted by Crippen LogP contribution is 2.32. The van der Waals surface area contributed by atoms with Crippen molar-refractivity contribution in [2.24, 2.45) is 5.41 Å². The normalized spacial score (nSPS) is 21.2. The number of rotatable bonds is 2. The maximum atomic E-state index is 12.2. The first kappa shape index (κ1) is 15.9. The molecule has 1 fully saturated rings. The van der Waals surface area contributed by atoms with Crippen LogP contribution in [0.25, 0.3) is 0 Å². The molecule has 1 aliphatic heterocycles. The van der Waals surface area contributed by atoms with Gasteiger partial charge in [0.25, 0.3) is 0 Å². The van der Waals surface area contributed by atoms with Gasteiger partial charge in [-0.25, -0.2) is 4.79 Å². The fraction of sp³-hybridized carbons (Fsp3) is 0.429. The molecule has 0 unspecified atom stereocenters. The van der Waals surface area contributed by atoms with Crippen LogP contribution in [0.3, 0.4) is 0 Å². The SMILES string of the molecule is COC(=O)[C@]1(C)CCN(C(=O)Nc2cc(Cl)ccc2Cl)C1. The number of ether oxygens (including phenoxy) is 1. The monoisotopic (exact) mass is 330 g/mol. The zero-order valence-corrected chi connectivity index (χ0v) is 13.3. The maximum Gasteiger partial charge on any atom is 0.321 e. The Morgan fingerprint density at radius 3 is 2.76 bits per heavy atom. The van der Waals surface area contributed by atoms with Gasteiger partial charge in [-0.3, -0.25) is 4.79 Å². The molecule has 0 radical (unpaired) electrons. The molecule has 5 nitrogen and oxygen atoms in total. The van der Waals surface area contributed by atoms with Gasteiger partial charge in [0.2, 0.25) is 0 Å². The second-order valence-electron chi connectivity index (χ2n) is 5.28. The van der Waals surface area contributed by atoms with Gasteiger partial charge < -0.3 is 15.0 Å². The molecule has 0 saturated carbocycles. The average Bonchev–Trinajstić information content (AvgIpc) is 2.86. The van der Waals surface area contributed by atoms with Crippen molar-refractivity contribution in [2.75, 3.05) is 25.5 Å². The first-order valence-electron chi connectivity index (χ1n) is 6.45. The summed E-state index contributed by atoms with van der Waals surface area (Å²) in [5, 5.41) is 3.59. The Kier molecular flexibility index (Phi) is 4.64. The summed E-state index contributed by atoms with van der Waals surface area (Å²) in [5.74, 6) is -0.307. The lowest BCUT2D eigenvalue weighted by Crippen LogP contribution is -2.37. The molecular weight excluding hydrogens is 315 g/mol. The van der Waals surface area contributed by atoms with Crippen molar-refractivity contribution in [3.8, 4) is 0 Å². The minimum atomic E-state index is -0.662. The van der Waals surface area contributed by atoms with E-state index in [1.54, 1.807) is 30.0 Å². The number of carbonyl (C=O) groups is 2. The number of anilines is 1. The van der Waals surface area contributed by atoms with E-state index in [1.165, 1.54) is 7.11 Å². The molecule has 21 heavy (non-hydrogen) atoms. The van der Waals surface area contributed by atoms with Crippen LogP contribution >= 0.6 is 23.2 Å². The van der Waals surface area contributed by atoms with E-state index < -0.39 is 5.41 Å². The molecule has 1 saturated heterocycles. The number of hydrogen-bond acceptors (Lipinski definition) is 3. The van der Waals surface area contributed by atoms with Gasteiger partial charge in [0, 0.05) is 18.1 Å². The molecule has 0 aliphatic carbocycles. The zero-order valence-electron chi connectivity index (χ0n) is 11.8. The summed E-state index contributed by atoms with van der Waals surface area (Å²) in [5.41, 5.74) is -0.217. The highest BCUT2D eigenvalue weighted by atomic mass is 35.5. The smallest absolute Gasteiger partial charge is 0.321 e. The average molecular weight is 331 g/mol. The molecule has 1 atom stereocenters. The summed E-state index contributed by atoms with van der Waals surface area (Å²) in [6.07, 6.45) is 0.566. The Hall–Kier alpha value is -1.46. The van der Waals surface area contributed by atoms with Crippen molar-refractivity contribution >= 4 is 40.9 Å². The predicted octanol–water partition coefficient (Wildman–Crippen LogP) is 3.41.